The monoisotopic (exact) mass is 444 g/mol. The first-order valence-corrected chi connectivity index (χ1v) is 11.2. The Morgan fingerprint density at radius 1 is 1.09 bits per heavy atom. The van der Waals surface area contributed by atoms with Gasteiger partial charge < -0.3 is 18.9 Å². The highest BCUT2D eigenvalue weighted by atomic mass is 16.6. The van der Waals surface area contributed by atoms with Crippen LogP contribution in [0, 0.1) is 17.3 Å². The summed E-state index contributed by atoms with van der Waals surface area (Å²) in [4.78, 5) is 38.1. The van der Waals surface area contributed by atoms with Crippen LogP contribution in [0.15, 0.2) is 35.5 Å². The Labute approximate surface area is 188 Å². The van der Waals surface area contributed by atoms with Gasteiger partial charge in [-0.1, -0.05) is 25.7 Å². The van der Waals surface area contributed by atoms with Crippen LogP contribution in [0.1, 0.15) is 54.4 Å². The summed E-state index contributed by atoms with van der Waals surface area (Å²) >= 11 is 0. The van der Waals surface area contributed by atoms with E-state index in [1.807, 2.05) is 0 Å². The van der Waals surface area contributed by atoms with Crippen molar-refractivity contribution in [1.29, 1.82) is 0 Å². The average Bonchev–Trinajstić information content (AvgIpc) is 3.51. The van der Waals surface area contributed by atoms with Crippen LogP contribution in [0.25, 0.3) is 0 Å². The number of allylic oxidation sites excluding steroid dienone is 2. The number of epoxide rings is 1. The third-order valence-electron chi connectivity index (χ3n) is 8.07. The lowest BCUT2D eigenvalue weighted by Crippen LogP contribution is -2.59. The van der Waals surface area contributed by atoms with Crippen LogP contribution in [0.2, 0.25) is 0 Å². The van der Waals surface area contributed by atoms with Gasteiger partial charge in [-0.25, -0.2) is 14.4 Å². The maximum Gasteiger partial charge on any atom is 0.351 e. The SMILES string of the molecule is C=C1[C@H]2O[C@H]2[C@@H](OC(=O)/C(C)=C\C)[C@@]2(C)CC[C@@H]3[C@@H](OC(=O)[C@]3(C)OC(=O)/C(C)=C\C)[C@H]12. The fraction of sp³-hybridized carbons (Fsp3) is 0.640. The van der Waals surface area contributed by atoms with Crippen LogP contribution in [-0.4, -0.2) is 47.9 Å². The molecule has 0 aromatic rings. The van der Waals surface area contributed by atoms with Gasteiger partial charge in [0.15, 0.2) is 0 Å². The van der Waals surface area contributed by atoms with Crippen LogP contribution in [0.3, 0.4) is 0 Å². The summed E-state index contributed by atoms with van der Waals surface area (Å²) in [5.41, 5.74) is -0.0515. The Kier molecular flexibility index (Phi) is 5.39. The summed E-state index contributed by atoms with van der Waals surface area (Å²) in [6.07, 6.45) is 3.17. The van der Waals surface area contributed by atoms with Gasteiger partial charge in [-0.15, -0.1) is 0 Å². The Morgan fingerprint density at radius 3 is 2.34 bits per heavy atom. The number of carbonyl (C=O) groups excluding carboxylic acids is 3. The van der Waals surface area contributed by atoms with Gasteiger partial charge in [-0.2, -0.15) is 0 Å². The molecule has 4 rings (SSSR count). The van der Waals surface area contributed by atoms with E-state index in [0.29, 0.717) is 24.0 Å². The molecule has 0 N–H and O–H groups in total. The molecule has 7 nitrogen and oxygen atoms in total. The lowest BCUT2D eigenvalue weighted by atomic mass is 9.53. The smallest absolute Gasteiger partial charge is 0.351 e. The van der Waals surface area contributed by atoms with E-state index in [1.54, 1.807) is 46.8 Å². The van der Waals surface area contributed by atoms with Gasteiger partial charge in [-0.05, 0) is 53.0 Å². The fourth-order valence-corrected chi connectivity index (χ4v) is 5.72. The van der Waals surface area contributed by atoms with Crippen molar-refractivity contribution in [2.45, 2.75) is 84.4 Å². The fourth-order valence-electron chi connectivity index (χ4n) is 5.72. The molecule has 32 heavy (non-hydrogen) atoms. The molecule has 0 unspecified atom stereocenters. The minimum absolute atomic E-state index is 0.228. The summed E-state index contributed by atoms with van der Waals surface area (Å²) in [5.74, 6) is -2.02. The summed E-state index contributed by atoms with van der Waals surface area (Å²) in [5, 5.41) is 0. The minimum Gasteiger partial charge on any atom is -0.458 e. The number of hydrogen-bond donors (Lipinski definition) is 0. The van der Waals surface area contributed by atoms with Crippen molar-refractivity contribution < 1.29 is 33.3 Å². The molecule has 0 amide bonds. The molecule has 0 aromatic heterocycles. The predicted molar refractivity (Wildman–Crippen MR) is 115 cm³/mol. The molecule has 4 fully saturated rings. The van der Waals surface area contributed by atoms with Crippen molar-refractivity contribution in [2.24, 2.45) is 17.3 Å². The number of carbonyl (C=O) groups is 3. The Balaban J connectivity index is 1.65. The number of ether oxygens (including phenoxy) is 4. The van der Waals surface area contributed by atoms with E-state index in [9.17, 15) is 14.4 Å². The minimum atomic E-state index is -1.37. The van der Waals surface area contributed by atoms with Crippen LogP contribution < -0.4 is 0 Å². The van der Waals surface area contributed by atoms with Crippen LogP contribution in [0.5, 0.6) is 0 Å². The van der Waals surface area contributed by atoms with Gasteiger partial charge in [0.25, 0.3) is 0 Å². The van der Waals surface area contributed by atoms with Crippen molar-refractivity contribution >= 4 is 17.9 Å². The zero-order chi connectivity index (χ0) is 23.6. The molecule has 0 radical (unpaired) electrons. The molecule has 0 bridgehead atoms. The first kappa shape index (κ1) is 22.8. The van der Waals surface area contributed by atoms with E-state index in [2.05, 4.69) is 13.5 Å². The number of esters is 3. The molecule has 2 heterocycles. The van der Waals surface area contributed by atoms with E-state index in [1.165, 1.54) is 0 Å². The van der Waals surface area contributed by atoms with Crippen molar-refractivity contribution in [3.63, 3.8) is 0 Å². The second-order valence-electron chi connectivity index (χ2n) is 9.86. The molecule has 0 spiro atoms. The normalized spacial score (nSPS) is 42.9. The van der Waals surface area contributed by atoms with Gasteiger partial charge in [0.1, 0.15) is 24.4 Å². The van der Waals surface area contributed by atoms with Crippen LogP contribution in [-0.2, 0) is 33.3 Å². The highest BCUT2D eigenvalue weighted by Gasteiger charge is 2.72. The number of hydrogen-bond acceptors (Lipinski definition) is 7. The maximum atomic E-state index is 13.0. The van der Waals surface area contributed by atoms with E-state index in [4.69, 9.17) is 18.9 Å². The van der Waals surface area contributed by atoms with E-state index in [-0.39, 0.29) is 30.0 Å². The summed E-state index contributed by atoms with van der Waals surface area (Å²) in [6.45, 7) is 14.9. The molecule has 174 valence electrons. The Morgan fingerprint density at radius 2 is 1.72 bits per heavy atom. The number of fused-ring (bicyclic) bond motifs is 4. The first-order chi connectivity index (χ1) is 15.0. The zero-order valence-electron chi connectivity index (χ0n) is 19.6. The molecule has 2 saturated heterocycles. The highest BCUT2D eigenvalue weighted by molar-refractivity contribution is 5.92. The molecule has 2 aliphatic heterocycles. The van der Waals surface area contributed by atoms with Crippen molar-refractivity contribution in [2.75, 3.05) is 0 Å². The molecule has 2 saturated carbocycles. The molecule has 8 atom stereocenters. The molecular formula is C25H32O7. The van der Waals surface area contributed by atoms with E-state index >= 15 is 0 Å². The van der Waals surface area contributed by atoms with Crippen molar-refractivity contribution in [3.05, 3.63) is 35.5 Å². The second-order valence-corrected chi connectivity index (χ2v) is 9.86. The summed E-state index contributed by atoms with van der Waals surface area (Å²) in [7, 11) is 0. The van der Waals surface area contributed by atoms with Crippen molar-refractivity contribution in [1.82, 2.24) is 0 Å². The lowest BCUT2D eigenvalue weighted by Gasteiger charge is -2.52. The van der Waals surface area contributed by atoms with E-state index < -0.39 is 35.2 Å². The highest BCUT2D eigenvalue weighted by Crippen LogP contribution is 2.63. The summed E-state index contributed by atoms with van der Waals surface area (Å²) < 4.78 is 23.4. The third-order valence-corrected chi connectivity index (χ3v) is 8.07. The topological polar surface area (TPSA) is 91.4 Å². The standard InChI is InChI=1S/C25H32O7/c1-8-12(3)21(26)31-20-19-17(29-19)14(5)16-18-15(10-11-24(16,20)6)25(7,23(28)30-18)32-22(27)13(4)9-2/h8-9,15-20H,5,10-11H2,1-4,6-7H3/b12-8-,13-9-/t15-,16+,17-,18-,19-,20-,24+,25-/m1/s1. The first-order valence-electron chi connectivity index (χ1n) is 11.2. The second kappa shape index (κ2) is 7.58. The summed E-state index contributed by atoms with van der Waals surface area (Å²) in [6, 6.07) is 0. The van der Waals surface area contributed by atoms with Crippen molar-refractivity contribution in [3.8, 4) is 0 Å². The van der Waals surface area contributed by atoms with Crippen LogP contribution in [0.4, 0.5) is 0 Å². The van der Waals surface area contributed by atoms with Gasteiger partial charge in [0, 0.05) is 28.4 Å². The Bertz CT molecular complexity index is 946. The maximum absolute atomic E-state index is 13.0. The number of rotatable bonds is 4. The van der Waals surface area contributed by atoms with E-state index in [0.717, 1.165) is 5.57 Å². The predicted octanol–water partition coefficient (Wildman–Crippen LogP) is 3.43. The average molecular weight is 445 g/mol. The van der Waals surface area contributed by atoms with Gasteiger partial charge in [-0.3, -0.25) is 0 Å². The third kappa shape index (κ3) is 3.16. The zero-order valence-corrected chi connectivity index (χ0v) is 19.6. The van der Waals surface area contributed by atoms with Gasteiger partial charge in [0.2, 0.25) is 5.60 Å². The quantitative estimate of drug-likeness (QED) is 0.216. The lowest BCUT2D eigenvalue weighted by molar-refractivity contribution is -0.171. The molecule has 7 heteroatoms. The molecular weight excluding hydrogens is 412 g/mol. The molecule has 4 aliphatic rings. The van der Waals surface area contributed by atoms with Gasteiger partial charge in [0.05, 0.1) is 0 Å². The van der Waals surface area contributed by atoms with Gasteiger partial charge >= 0.3 is 17.9 Å². The Hall–Kier alpha value is -2.41. The van der Waals surface area contributed by atoms with Crippen LogP contribution >= 0.6 is 0 Å². The largest absolute Gasteiger partial charge is 0.458 e. The molecule has 2 aliphatic carbocycles. The molecule has 0 aromatic carbocycles.